The molecular formula is C20H20N2O6S. The summed E-state index contributed by atoms with van der Waals surface area (Å²) in [5, 5.41) is 2.59. The van der Waals surface area contributed by atoms with Crippen molar-refractivity contribution < 1.29 is 27.5 Å². The zero-order valence-electron chi connectivity index (χ0n) is 15.7. The van der Waals surface area contributed by atoms with E-state index in [0.717, 1.165) is 0 Å². The molecule has 2 aromatic carbocycles. The number of benzene rings is 2. The number of amides is 2. The van der Waals surface area contributed by atoms with E-state index in [1.54, 1.807) is 43.3 Å². The number of esters is 1. The lowest BCUT2D eigenvalue weighted by atomic mass is 10.1. The SMILES string of the molecule is CCOC(=O)c1cccc(NC(=O)C2CCC(=O)N2S(=O)(=O)c2ccccc2)c1. The van der Waals surface area contributed by atoms with Crippen LogP contribution in [0.15, 0.2) is 59.5 Å². The fraction of sp³-hybridized carbons (Fsp3) is 0.250. The number of nitrogens with zero attached hydrogens (tertiary/aromatic N) is 1. The first-order valence-electron chi connectivity index (χ1n) is 9.05. The van der Waals surface area contributed by atoms with Gasteiger partial charge in [0.25, 0.3) is 10.0 Å². The van der Waals surface area contributed by atoms with E-state index in [2.05, 4.69) is 5.32 Å². The van der Waals surface area contributed by atoms with Gasteiger partial charge >= 0.3 is 5.97 Å². The predicted molar refractivity (Wildman–Crippen MR) is 105 cm³/mol. The van der Waals surface area contributed by atoms with Crippen molar-refractivity contribution in [1.29, 1.82) is 0 Å². The Morgan fingerprint density at radius 1 is 1.14 bits per heavy atom. The second-order valence-electron chi connectivity index (χ2n) is 6.35. The Morgan fingerprint density at radius 2 is 1.86 bits per heavy atom. The maximum absolute atomic E-state index is 12.9. The molecule has 1 heterocycles. The van der Waals surface area contributed by atoms with Crippen molar-refractivity contribution in [3.8, 4) is 0 Å². The third-order valence-corrected chi connectivity index (χ3v) is 6.25. The lowest BCUT2D eigenvalue weighted by molar-refractivity contribution is -0.128. The smallest absolute Gasteiger partial charge is 0.338 e. The van der Waals surface area contributed by atoms with Crippen molar-refractivity contribution in [3.05, 3.63) is 60.2 Å². The summed E-state index contributed by atoms with van der Waals surface area (Å²) in [6.07, 6.45) is 0.0291. The molecule has 9 heteroatoms. The van der Waals surface area contributed by atoms with Crippen molar-refractivity contribution in [2.75, 3.05) is 11.9 Å². The van der Waals surface area contributed by atoms with E-state index in [1.165, 1.54) is 18.2 Å². The van der Waals surface area contributed by atoms with Crippen LogP contribution < -0.4 is 5.32 Å². The Labute approximate surface area is 168 Å². The van der Waals surface area contributed by atoms with Crippen LogP contribution in [0.5, 0.6) is 0 Å². The number of hydrogen-bond donors (Lipinski definition) is 1. The molecule has 1 N–H and O–H groups in total. The van der Waals surface area contributed by atoms with Gasteiger partial charge in [0.1, 0.15) is 6.04 Å². The Bertz CT molecular complexity index is 1040. The van der Waals surface area contributed by atoms with Crippen molar-refractivity contribution in [1.82, 2.24) is 4.31 Å². The highest BCUT2D eigenvalue weighted by Crippen LogP contribution is 2.28. The van der Waals surface area contributed by atoms with Crippen molar-refractivity contribution >= 4 is 33.5 Å². The van der Waals surface area contributed by atoms with Gasteiger partial charge in [0.2, 0.25) is 11.8 Å². The van der Waals surface area contributed by atoms with Gasteiger partial charge in [0.15, 0.2) is 0 Å². The molecule has 1 aliphatic rings. The summed E-state index contributed by atoms with van der Waals surface area (Å²) in [4.78, 5) is 36.8. The molecule has 2 aromatic rings. The number of sulfonamides is 1. The number of carbonyl (C=O) groups is 3. The summed E-state index contributed by atoms with van der Waals surface area (Å²) in [7, 11) is -4.15. The van der Waals surface area contributed by atoms with Crippen LogP contribution in [0, 0.1) is 0 Å². The lowest BCUT2D eigenvalue weighted by Crippen LogP contribution is -2.45. The molecule has 2 amide bonds. The van der Waals surface area contributed by atoms with Gasteiger partial charge < -0.3 is 10.1 Å². The van der Waals surface area contributed by atoms with E-state index in [0.29, 0.717) is 9.99 Å². The van der Waals surface area contributed by atoms with Crippen LogP contribution in [0.2, 0.25) is 0 Å². The van der Waals surface area contributed by atoms with Gasteiger partial charge in [0.05, 0.1) is 17.1 Å². The zero-order chi connectivity index (χ0) is 21.0. The van der Waals surface area contributed by atoms with Crippen molar-refractivity contribution in [2.45, 2.75) is 30.7 Å². The number of hydrogen-bond acceptors (Lipinski definition) is 6. The minimum absolute atomic E-state index is 0.0486. The summed E-state index contributed by atoms with van der Waals surface area (Å²) in [6.45, 7) is 1.90. The Kier molecular flexibility index (Phi) is 5.97. The fourth-order valence-corrected chi connectivity index (χ4v) is 4.69. The lowest BCUT2D eigenvalue weighted by Gasteiger charge is -2.23. The number of carbonyl (C=O) groups excluding carboxylic acids is 3. The molecule has 0 radical (unpaired) electrons. The van der Waals surface area contributed by atoms with Crippen LogP contribution in [-0.4, -0.2) is 43.2 Å². The van der Waals surface area contributed by atoms with Gasteiger partial charge in [-0.1, -0.05) is 24.3 Å². The first kappa shape index (κ1) is 20.5. The number of ether oxygens (including phenoxy) is 1. The summed E-state index contributed by atoms with van der Waals surface area (Å²) >= 11 is 0. The van der Waals surface area contributed by atoms with Crippen LogP contribution in [0.25, 0.3) is 0 Å². The molecule has 29 heavy (non-hydrogen) atoms. The van der Waals surface area contributed by atoms with Gasteiger partial charge in [0, 0.05) is 12.1 Å². The molecule has 0 spiro atoms. The van der Waals surface area contributed by atoms with Gasteiger partial charge in [-0.25, -0.2) is 17.5 Å². The second-order valence-corrected chi connectivity index (χ2v) is 8.17. The standard InChI is InChI=1S/C20H20N2O6S/c1-2-28-20(25)14-7-6-8-15(13-14)21-19(24)17-11-12-18(23)22(17)29(26,27)16-9-4-3-5-10-16/h3-10,13,17H,2,11-12H2,1H3,(H,21,24). The Balaban J connectivity index is 1.83. The topological polar surface area (TPSA) is 110 Å². The molecule has 1 unspecified atom stereocenters. The normalized spacial score (nSPS) is 16.5. The quantitative estimate of drug-likeness (QED) is 0.723. The van der Waals surface area contributed by atoms with Crippen LogP contribution in [0.1, 0.15) is 30.1 Å². The zero-order valence-corrected chi connectivity index (χ0v) is 16.5. The summed E-state index contributed by atoms with van der Waals surface area (Å²) in [5.41, 5.74) is 0.554. The van der Waals surface area contributed by atoms with E-state index in [-0.39, 0.29) is 29.9 Å². The van der Waals surface area contributed by atoms with Crippen LogP contribution in [0.3, 0.4) is 0 Å². The third kappa shape index (κ3) is 4.29. The Morgan fingerprint density at radius 3 is 2.55 bits per heavy atom. The number of nitrogens with one attached hydrogen (secondary N) is 1. The molecule has 0 bridgehead atoms. The highest BCUT2D eigenvalue weighted by atomic mass is 32.2. The van der Waals surface area contributed by atoms with Crippen molar-refractivity contribution in [3.63, 3.8) is 0 Å². The highest BCUT2D eigenvalue weighted by Gasteiger charge is 2.44. The first-order valence-corrected chi connectivity index (χ1v) is 10.5. The number of anilines is 1. The molecule has 1 aliphatic heterocycles. The van der Waals surface area contributed by atoms with Gasteiger partial charge in [-0.05, 0) is 43.7 Å². The van der Waals surface area contributed by atoms with E-state index in [1.807, 2.05) is 0 Å². The molecular weight excluding hydrogens is 396 g/mol. The number of rotatable bonds is 6. The van der Waals surface area contributed by atoms with Crippen LogP contribution >= 0.6 is 0 Å². The molecule has 0 aliphatic carbocycles. The largest absolute Gasteiger partial charge is 0.462 e. The van der Waals surface area contributed by atoms with E-state index in [4.69, 9.17) is 4.74 Å². The molecule has 152 valence electrons. The molecule has 1 fully saturated rings. The van der Waals surface area contributed by atoms with Gasteiger partial charge in [-0.15, -0.1) is 0 Å². The fourth-order valence-electron chi connectivity index (χ4n) is 3.07. The average Bonchev–Trinajstić information content (AvgIpc) is 3.11. The van der Waals surface area contributed by atoms with E-state index in [9.17, 15) is 22.8 Å². The molecule has 8 nitrogen and oxygen atoms in total. The molecule has 1 atom stereocenters. The molecule has 1 saturated heterocycles. The highest BCUT2D eigenvalue weighted by molar-refractivity contribution is 7.89. The second kappa shape index (κ2) is 8.44. The minimum atomic E-state index is -4.15. The van der Waals surface area contributed by atoms with Crippen molar-refractivity contribution in [2.24, 2.45) is 0 Å². The van der Waals surface area contributed by atoms with E-state index >= 15 is 0 Å². The summed E-state index contributed by atoms with van der Waals surface area (Å²) in [5.74, 6) is -1.81. The average molecular weight is 416 g/mol. The molecule has 0 saturated carbocycles. The molecule has 3 rings (SSSR count). The maximum atomic E-state index is 12.9. The Hall–Kier alpha value is -3.20. The summed E-state index contributed by atoms with van der Waals surface area (Å²) in [6, 6.07) is 12.4. The van der Waals surface area contributed by atoms with Crippen LogP contribution in [0.4, 0.5) is 5.69 Å². The van der Waals surface area contributed by atoms with Crippen LogP contribution in [-0.2, 0) is 24.3 Å². The van der Waals surface area contributed by atoms with Gasteiger partial charge in [-0.2, -0.15) is 0 Å². The maximum Gasteiger partial charge on any atom is 0.338 e. The summed E-state index contributed by atoms with van der Waals surface area (Å²) < 4.78 is 31.4. The predicted octanol–water partition coefficient (Wildman–Crippen LogP) is 2.18. The molecule has 0 aromatic heterocycles. The van der Waals surface area contributed by atoms with Gasteiger partial charge in [-0.3, -0.25) is 9.59 Å². The monoisotopic (exact) mass is 416 g/mol. The van der Waals surface area contributed by atoms with E-state index < -0.39 is 33.8 Å². The first-order chi connectivity index (χ1) is 13.8. The third-order valence-electron chi connectivity index (χ3n) is 4.40. The minimum Gasteiger partial charge on any atom is -0.462 e.